The van der Waals surface area contributed by atoms with Gasteiger partial charge >= 0.3 is 0 Å². The fraction of sp³-hybridized carbons (Fsp3) is 0.0714. The maximum absolute atomic E-state index is 12.2. The van der Waals surface area contributed by atoms with Crippen LogP contribution >= 0.6 is 27.5 Å². The van der Waals surface area contributed by atoms with Crippen molar-refractivity contribution in [3.63, 3.8) is 0 Å². The number of rotatable bonds is 2. The van der Waals surface area contributed by atoms with Crippen molar-refractivity contribution in [2.24, 2.45) is 0 Å². The van der Waals surface area contributed by atoms with Crippen LogP contribution in [0.1, 0.15) is 26.3 Å². The fourth-order valence-electron chi connectivity index (χ4n) is 2.07. The summed E-state index contributed by atoms with van der Waals surface area (Å²) in [5.41, 5.74) is 2.29. The number of aromatic nitrogens is 1. The van der Waals surface area contributed by atoms with E-state index in [2.05, 4.69) is 31.5 Å². The van der Waals surface area contributed by atoms with Crippen LogP contribution in [-0.4, -0.2) is 16.8 Å². The SMILES string of the molecule is O=C1NCc2ccc(NC(=O)c3cc(Br)cnc3Cl)cc21. The number of anilines is 1. The molecule has 106 valence electrons. The van der Waals surface area contributed by atoms with Crippen LogP contribution in [0.5, 0.6) is 0 Å². The Morgan fingerprint density at radius 1 is 1.38 bits per heavy atom. The molecule has 1 aliphatic rings. The normalized spacial score (nSPS) is 12.8. The topological polar surface area (TPSA) is 71.1 Å². The number of nitrogens with one attached hydrogen (secondary N) is 2. The van der Waals surface area contributed by atoms with E-state index < -0.39 is 0 Å². The van der Waals surface area contributed by atoms with Gasteiger partial charge in [0.25, 0.3) is 11.8 Å². The van der Waals surface area contributed by atoms with Crippen molar-refractivity contribution in [1.82, 2.24) is 10.3 Å². The number of fused-ring (bicyclic) bond motifs is 1. The van der Waals surface area contributed by atoms with Crippen molar-refractivity contribution in [2.45, 2.75) is 6.54 Å². The van der Waals surface area contributed by atoms with Crippen molar-refractivity contribution < 1.29 is 9.59 Å². The average Bonchev–Trinajstić information content (AvgIpc) is 2.83. The van der Waals surface area contributed by atoms with Crippen LogP contribution in [0.25, 0.3) is 0 Å². The standard InChI is InChI=1S/C14H9BrClN3O2/c15-8-3-11(12(16)17-6-8)14(21)19-9-2-1-7-5-18-13(20)10(7)4-9/h1-4,6H,5H2,(H,18,20)(H,19,21). The van der Waals surface area contributed by atoms with E-state index in [1.54, 1.807) is 18.2 Å². The molecular formula is C14H9BrClN3O2. The van der Waals surface area contributed by atoms with E-state index in [0.29, 0.717) is 22.3 Å². The van der Waals surface area contributed by atoms with Gasteiger partial charge in [-0.05, 0) is 39.7 Å². The number of amides is 2. The lowest BCUT2D eigenvalue weighted by Gasteiger charge is -2.08. The zero-order valence-electron chi connectivity index (χ0n) is 10.6. The van der Waals surface area contributed by atoms with Crippen molar-refractivity contribution in [2.75, 3.05) is 5.32 Å². The highest BCUT2D eigenvalue weighted by atomic mass is 79.9. The second-order valence-electron chi connectivity index (χ2n) is 4.50. The molecule has 0 fully saturated rings. The van der Waals surface area contributed by atoms with Crippen LogP contribution in [0.3, 0.4) is 0 Å². The number of pyridine rings is 1. The molecule has 0 aliphatic carbocycles. The summed E-state index contributed by atoms with van der Waals surface area (Å²) in [5.74, 6) is -0.518. The molecule has 1 aromatic carbocycles. The Morgan fingerprint density at radius 3 is 3.00 bits per heavy atom. The number of hydrogen-bond donors (Lipinski definition) is 2. The zero-order chi connectivity index (χ0) is 15.0. The van der Waals surface area contributed by atoms with Crippen molar-refractivity contribution in [1.29, 1.82) is 0 Å². The summed E-state index contributed by atoms with van der Waals surface area (Å²) in [5, 5.41) is 5.56. The molecule has 0 unspecified atom stereocenters. The second kappa shape index (κ2) is 5.46. The Kier molecular flexibility index (Phi) is 3.65. The number of carbonyl (C=O) groups is 2. The molecule has 2 N–H and O–H groups in total. The van der Waals surface area contributed by atoms with Gasteiger partial charge < -0.3 is 10.6 Å². The fourth-order valence-corrected chi connectivity index (χ4v) is 2.59. The third kappa shape index (κ3) is 2.77. The lowest BCUT2D eigenvalue weighted by Crippen LogP contribution is -2.14. The van der Waals surface area contributed by atoms with E-state index in [4.69, 9.17) is 11.6 Å². The van der Waals surface area contributed by atoms with E-state index >= 15 is 0 Å². The van der Waals surface area contributed by atoms with Gasteiger partial charge in [-0.1, -0.05) is 17.7 Å². The third-order valence-electron chi connectivity index (χ3n) is 3.10. The number of carbonyl (C=O) groups excluding carboxylic acids is 2. The molecule has 2 heterocycles. The van der Waals surface area contributed by atoms with Gasteiger partial charge in [-0.15, -0.1) is 0 Å². The minimum Gasteiger partial charge on any atom is -0.348 e. The molecule has 0 bridgehead atoms. The first-order chi connectivity index (χ1) is 10.0. The Labute approximate surface area is 133 Å². The second-order valence-corrected chi connectivity index (χ2v) is 5.77. The summed E-state index contributed by atoms with van der Waals surface area (Å²) in [6.07, 6.45) is 1.51. The van der Waals surface area contributed by atoms with Gasteiger partial charge in [-0.2, -0.15) is 0 Å². The van der Waals surface area contributed by atoms with Gasteiger partial charge in [0.1, 0.15) is 5.15 Å². The Hall–Kier alpha value is -1.92. The van der Waals surface area contributed by atoms with Crippen LogP contribution in [0, 0.1) is 0 Å². The first kappa shape index (κ1) is 14.0. The molecule has 2 aromatic rings. The van der Waals surface area contributed by atoms with E-state index in [1.165, 1.54) is 6.20 Å². The minimum absolute atomic E-state index is 0.120. The van der Waals surface area contributed by atoms with E-state index in [0.717, 1.165) is 5.56 Å². The highest BCUT2D eigenvalue weighted by Crippen LogP contribution is 2.22. The summed E-state index contributed by atoms with van der Waals surface area (Å²) in [6.45, 7) is 0.518. The molecule has 0 saturated carbocycles. The lowest BCUT2D eigenvalue weighted by atomic mass is 10.1. The number of halogens is 2. The van der Waals surface area contributed by atoms with Gasteiger partial charge in [0, 0.05) is 28.5 Å². The third-order valence-corrected chi connectivity index (χ3v) is 3.84. The zero-order valence-corrected chi connectivity index (χ0v) is 13.0. The van der Waals surface area contributed by atoms with E-state index in [9.17, 15) is 9.59 Å². The highest BCUT2D eigenvalue weighted by Gasteiger charge is 2.19. The molecule has 1 aliphatic heterocycles. The van der Waals surface area contributed by atoms with Gasteiger partial charge in [0.05, 0.1) is 5.56 Å². The highest BCUT2D eigenvalue weighted by molar-refractivity contribution is 9.10. The van der Waals surface area contributed by atoms with Crippen LogP contribution in [0.4, 0.5) is 5.69 Å². The summed E-state index contributed by atoms with van der Waals surface area (Å²) in [7, 11) is 0. The summed E-state index contributed by atoms with van der Waals surface area (Å²) in [6, 6.07) is 6.79. The van der Waals surface area contributed by atoms with Gasteiger partial charge in [0.15, 0.2) is 0 Å². The summed E-state index contributed by atoms with van der Waals surface area (Å²) in [4.78, 5) is 27.7. The van der Waals surface area contributed by atoms with Gasteiger partial charge in [0.2, 0.25) is 0 Å². The Bertz CT molecular complexity index is 764. The molecule has 3 rings (SSSR count). The van der Waals surface area contributed by atoms with Crippen molar-refractivity contribution >= 4 is 45.0 Å². The number of benzene rings is 1. The van der Waals surface area contributed by atoms with E-state index in [1.807, 2.05) is 6.07 Å². The van der Waals surface area contributed by atoms with Crippen LogP contribution < -0.4 is 10.6 Å². The predicted molar refractivity (Wildman–Crippen MR) is 82.5 cm³/mol. The largest absolute Gasteiger partial charge is 0.348 e. The molecule has 1 aromatic heterocycles. The smallest absolute Gasteiger partial charge is 0.258 e. The monoisotopic (exact) mass is 365 g/mol. The molecule has 5 nitrogen and oxygen atoms in total. The van der Waals surface area contributed by atoms with Crippen molar-refractivity contribution in [3.05, 3.63) is 56.8 Å². The molecule has 0 saturated heterocycles. The molecule has 0 radical (unpaired) electrons. The Morgan fingerprint density at radius 2 is 2.19 bits per heavy atom. The van der Waals surface area contributed by atoms with Crippen LogP contribution in [-0.2, 0) is 6.54 Å². The number of hydrogen-bond acceptors (Lipinski definition) is 3. The Balaban J connectivity index is 1.87. The molecule has 21 heavy (non-hydrogen) atoms. The summed E-state index contributed by atoms with van der Waals surface area (Å²) >= 11 is 9.16. The molecular weight excluding hydrogens is 358 g/mol. The van der Waals surface area contributed by atoms with Crippen LogP contribution in [0.15, 0.2) is 34.9 Å². The first-order valence-corrected chi connectivity index (χ1v) is 7.25. The minimum atomic E-state index is -0.382. The maximum atomic E-state index is 12.2. The first-order valence-electron chi connectivity index (χ1n) is 6.08. The molecule has 7 heteroatoms. The predicted octanol–water partition coefficient (Wildman–Crippen LogP) is 2.99. The maximum Gasteiger partial charge on any atom is 0.258 e. The van der Waals surface area contributed by atoms with Gasteiger partial charge in [-0.3, -0.25) is 9.59 Å². The quantitative estimate of drug-likeness (QED) is 0.803. The van der Waals surface area contributed by atoms with E-state index in [-0.39, 0.29) is 22.5 Å². The molecule has 0 atom stereocenters. The molecule has 2 amide bonds. The van der Waals surface area contributed by atoms with Crippen LogP contribution in [0.2, 0.25) is 5.15 Å². The lowest BCUT2D eigenvalue weighted by molar-refractivity contribution is 0.0964. The van der Waals surface area contributed by atoms with Gasteiger partial charge in [-0.25, -0.2) is 4.98 Å². The number of nitrogens with zero attached hydrogens (tertiary/aromatic N) is 1. The average molecular weight is 367 g/mol. The van der Waals surface area contributed by atoms with Crippen molar-refractivity contribution in [3.8, 4) is 0 Å². The summed E-state index contributed by atoms with van der Waals surface area (Å²) < 4.78 is 0.658. The molecule has 0 spiro atoms.